The lowest BCUT2D eigenvalue weighted by Gasteiger charge is -2.15. The minimum absolute atomic E-state index is 0.323. The van der Waals surface area contributed by atoms with Crippen LogP contribution >= 0.6 is 15.9 Å². The molecule has 0 bridgehead atoms. The van der Waals surface area contributed by atoms with E-state index in [4.69, 9.17) is 0 Å². The number of halogens is 1. The first-order valence-corrected chi connectivity index (χ1v) is 6.74. The Morgan fingerprint density at radius 3 is 2.56 bits per heavy atom. The Hall–Kier alpha value is -0.340. The minimum atomic E-state index is -0.323. The van der Waals surface area contributed by atoms with Gasteiger partial charge in [-0.05, 0) is 36.5 Å². The van der Waals surface area contributed by atoms with Gasteiger partial charge in [0.05, 0.1) is 6.10 Å². The zero-order chi connectivity index (χ0) is 12.1. The molecule has 1 unspecified atom stereocenters. The highest BCUT2D eigenvalue weighted by atomic mass is 79.9. The third-order valence-electron chi connectivity index (χ3n) is 2.93. The van der Waals surface area contributed by atoms with Crippen molar-refractivity contribution in [2.75, 3.05) is 0 Å². The zero-order valence-electron chi connectivity index (χ0n) is 10.3. The van der Waals surface area contributed by atoms with E-state index in [0.717, 1.165) is 34.4 Å². The molecule has 1 N–H and O–H groups in total. The molecule has 0 aliphatic heterocycles. The molecule has 0 spiro atoms. The Bertz CT molecular complexity index is 334. The number of hydrogen-bond donors (Lipinski definition) is 1. The van der Waals surface area contributed by atoms with Gasteiger partial charge in [-0.25, -0.2) is 0 Å². The normalized spacial score (nSPS) is 13.1. The van der Waals surface area contributed by atoms with Gasteiger partial charge in [-0.15, -0.1) is 0 Å². The molecule has 0 saturated carbocycles. The van der Waals surface area contributed by atoms with Crippen LogP contribution in [0.15, 0.2) is 22.7 Å². The number of aliphatic hydroxyl groups is 1. The van der Waals surface area contributed by atoms with Crippen LogP contribution < -0.4 is 0 Å². The van der Waals surface area contributed by atoms with Crippen molar-refractivity contribution >= 4 is 15.9 Å². The summed E-state index contributed by atoms with van der Waals surface area (Å²) >= 11 is 3.49. The van der Waals surface area contributed by atoms with E-state index in [1.807, 2.05) is 25.1 Å². The summed E-state index contributed by atoms with van der Waals surface area (Å²) in [6.45, 7) is 6.48. The summed E-state index contributed by atoms with van der Waals surface area (Å²) in [6.07, 6.45) is 2.81. The highest BCUT2D eigenvalue weighted by Gasteiger charge is 2.11. The summed E-state index contributed by atoms with van der Waals surface area (Å²) in [5.74, 6) is 0.718. The van der Waals surface area contributed by atoms with Crippen molar-refractivity contribution in [3.63, 3.8) is 0 Å². The molecule has 0 aliphatic rings. The Morgan fingerprint density at radius 1 is 1.25 bits per heavy atom. The smallest absolute Gasteiger partial charge is 0.0793 e. The first kappa shape index (κ1) is 13.7. The molecule has 0 radical (unpaired) electrons. The summed E-state index contributed by atoms with van der Waals surface area (Å²) in [4.78, 5) is 0. The lowest BCUT2D eigenvalue weighted by atomic mass is 9.97. The summed E-state index contributed by atoms with van der Waals surface area (Å²) in [6, 6.07) is 6.01. The average molecular weight is 285 g/mol. The fourth-order valence-electron chi connectivity index (χ4n) is 1.86. The first-order chi connectivity index (χ1) is 7.52. The SMILES string of the molecule is Cc1c(Br)cccc1C(O)CCCC(C)C. The van der Waals surface area contributed by atoms with Gasteiger partial charge in [0, 0.05) is 4.47 Å². The van der Waals surface area contributed by atoms with Crippen LogP contribution in [0.5, 0.6) is 0 Å². The van der Waals surface area contributed by atoms with Crippen LogP contribution in [0.25, 0.3) is 0 Å². The topological polar surface area (TPSA) is 20.2 Å². The predicted octanol–water partition coefficient (Wildman–Crippen LogP) is 4.62. The second-order valence-corrected chi connectivity index (χ2v) is 5.65. The molecule has 0 fully saturated rings. The molecule has 0 heterocycles. The van der Waals surface area contributed by atoms with Crippen LogP contribution in [-0.2, 0) is 0 Å². The van der Waals surface area contributed by atoms with Crippen molar-refractivity contribution in [3.05, 3.63) is 33.8 Å². The van der Waals surface area contributed by atoms with Crippen molar-refractivity contribution in [1.82, 2.24) is 0 Å². The number of aliphatic hydroxyl groups excluding tert-OH is 1. The van der Waals surface area contributed by atoms with E-state index in [-0.39, 0.29) is 6.10 Å². The number of rotatable bonds is 5. The van der Waals surface area contributed by atoms with Gasteiger partial charge in [-0.3, -0.25) is 0 Å². The van der Waals surface area contributed by atoms with Gasteiger partial charge in [0.15, 0.2) is 0 Å². The molecule has 0 amide bonds. The molecular weight excluding hydrogens is 264 g/mol. The molecule has 1 aromatic rings. The highest BCUT2D eigenvalue weighted by molar-refractivity contribution is 9.10. The first-order valence-electron chi connectivity index (χ1n) is 5.95. The van der Waals surface area contributed by atoms with Crippen molar-refractivity contribution in [1.29, 1.82) is 0 Å². The molecule has 1 aromatic carbocycles. The number of hydrogen-bond acceptors (Lipinski definition) is 1. The molecule has 0 saturated heterocycles. The monoisotopic (exact) mass is 284 g/mol. The summed E-state index contributed by atoms with van der Waals surface area (Å²) < 4.78 is 1.08. The average Bonchev–Trinajstić information content (AvgIpc) is 2.21. The second kappa shape index (κ2) is 6.41. The third kappa shape index (κ3) is 3.91. The van der Waals surface area contributed by atoms with E-state index in [1.165, 1.54) is 6.42 Å². The van der Waals surface area contributed by atoms with E-state index < -0.39 is 0 Å². The molecule has 0 aliphatic carbocycles. The van der Waals surface area contributed by atoms with Gasteiger partial charge in [0.1, 0.15) is 0 Å². The van der Waals surface area contributed by atoms with Crippen LogP contribution in [-0.4, -0.2) is 5.11 Å². The van der Waals surface area contributed by atoms with Gasteiger partial charge >= 0.3 is 0 Å². The molecule has 0 aromatic heterocycles. The molecule has 16 heavy (non-hydrogen) atoms. The zero-order valence-corrected chi connectivity index (χ0v) is 11.9. The molecule has 2 heteroatoms. The summed E-state index contributed by atoms with van der Waals surface area (Å²) in [5.41, 5.74) is 2.21. The lowest BCUT2D eigenvalue weighted by molar-refractivity contribution is 0.161. The van der Waals surface area contributed by atoms with Crippen molar-refractivity contribution in [2.45, 2.75) is 46.1 Å². The maximum Gasteiger partial charge on any atom is 0.0793 e. The van der Waals surface area contributed by atoms with Gasteiger partial charge in [0.25, 0.3) is 0 Å². The Kier molecular flexibility index (Phi) is 5.50. The molecule has 1 nitrogen and oxygen atoms in total. The van der Waals surface area contributed by atoms with Crippen LogP contribution in [0.3, 0.4) is 0 Å². The lowest BCUT2D eigenvalue weighted by Crippen LogP contribution is -2.01. The van der Waals surface area contributed by atoms with Crippen LogP contribution in [0.2, 0.25) is 0 Å². The molecular formula is C14H21BrO. The molecule has 90 valence electrons. The third-order valence-corrected chi connectivity index (χ3v) is 3.79. The Labute approximate surface area is 107 Å². The highest BCUT2D eigenvalue weighted by Crippen LogP contribution is 2.27. The van der Waals surface area contributed by atoms with E-state index in [2.05, 4.69) is 29.8 Å². The second-order valence-electron chi connectivity index (χ2n) is 4.79. The van der Waals surface area contributed by atoms with Gasteiger partial charge in [-0.1, -0.05) is 54.8 Å². The fraction of sp³-hybridized carbons (Fsp3) is 0.571. The van der Waals surface area contributed by atoms with Crippen molar-refractivity contribution < 1.29 is 5.11 Å². The van der Waals surface area contributed by atoms with Gasteiger partial charge in [-0.2, -0.15) is 0 Å². The Morgan fingerprint density at radius 2 is 1.94 bits per heavy atom. The quantitative estimate of drug-likeness (QED) is 0.837. The Balaban J connectivity index is 2.59. The van der Waals surface area contributed by atoms with Gasteiger partial charge < -0.3 is 5.11 Å². The maximum absolute atomic E-state index is 10.1. The van der Waals surface area contributed by atoms with Crippen molar-refractivity contribution in [3.8, 4) is 0 Å². The van der Waals surface area contributed by atoms with Crippen LogP contribution in [0.1, 0.15) is 50.3 Å². The maximum atomic E-state index is 10.1. The molecule has 1 atom stereocenters. The number of benzene rings is 1. The standard InChI is InChI=1S/C14H21BrO/c1-10(2)6-4-9-14(16)12-7-5-8-13(15)11(12)3/h5,7-8,10,14,16H,4,6,9H2,1-3H3. The van der Waals surface area contributed by atoms with Gasteiger partial charge in [0.2, 0.25) is 0 Å². The van der Waals surface area contributed by atoms with Crippen molar-refractivity contribution in [2.24, 2.45) is 5.92 Å². The van der Waals surface area contributed by atoms with E-state index in [9.17, 15) is 5.11 Å². The minimum Gasteiger partial charge on any atom is -0.388 e. The fourth-order valence-corrected chi connectivity index (χ4v) is 2.24. The van der Waals surface area contributed by atoms with E-state index in [0.29, 0.717) is 0 Å². The summed E-state index contributed by atoms with van der Waals surface area (Å²) in [7, 11) is 0. The summed E-state index contributed by atoms with van der Waals surface area (Å²) in [5, 5.41) is 10.1. The molecule has 1 rings (SSSR count). The van der Waals surface area contributed by atoms with Crippen LogP contribution in [0, 0.1) is 12.8 Å². The van der Waals surface area contributed by atoms with Crippen LogP contribution in [0.4, 0.5) is 0 Å². The largest absolute Gasteiger partial charge is 0.388 e. The predicted molar refractivity (Wildman–Crippen MR) is 72.5 cm³/mol. The van der Waals surface area contributed by atoms with E-state index >= 15 is 0 Å². The van der Waals surface area contributed by atoms with E-state index in [1.54, 1.807) is 0 Å².